The average molecular weight is 521 g/mol. The summed E-state index contributed by atoms with van der Waals surface area (Å²) in [5.74, 6) is -0.219. The van der Waals surface area contributed by atoms with Gasteiger partial charge in [-0.15, -0.1) is 0 Å². The Morgan fingerprint density at radius 1 is 1.06 bits per heavy atom. The highest BCUT2D eigenvalue weighted by atomic mass is 79.9. The van der Waals surface area contributed by atoms with Crippen LogP contribution in [0.4, 0.5) is 0 Å². The van der Waals surface area contributed by atoms with Gasteiger partial charge in [0, 0.05) is 4.47 Å². The number of halogens is 1. The predicted molar refractivity (Wildman–Crippen MR) is 137 cm³/mol. The molecule has 166 valence electrons. The number of amides is 1. The van der Waals surface area contributed by atoms with Crippen molar-refractivity contribution >= 4 is 50.2 Å². The molecule has 0 fully saturated rings. The fraction of sp³-hybridized carbons (Fsp3) is 0.120. The van der Waals surface area contributed by atoms with Crippen LogP contribution in [-0.2, 0) is 4.79 Å². The van der Waals surface area contributed by atoms with Crippen molar-refractivity contribution in [1.29, 1.82) is 0 Å². The smallest absolute Gasteiger partial charge is 0.266 e. The highest BCUT2D eigenvalue weighted by molar-refractivity contribution is 9.10. The van der Waals surface area contributed by atoms with Gasteiger partial charge in [0.05, 0.1) is 28.1 Å². The third-order valence-corrected chi connectivity index (χ3v) is 6.51. The van der Waals surface area contributed by atoms with Crippen molar-refractivity contribution < 1.29 is 4.79 Å². The minimum atomic E-state index is -0.282. The van der Waals surface area contributed by atoms with Crippen molar-refractivity contribution in [2.24, 2.45) is 5.10 Å². The van der Waals surface area contributed by atoms with Crippen LogP contribution in [0.1, 0.15) is 18.1 Å². The van der Waals surface area contributed by atoms with Crippen LogP contribution >= 0.6 is 27.7 Å². The number of nitrogens with one attached hydrogen (secondary N) is 1. The summed E-state index contributed by atoms with van der Waals surface area (Å²) in [4.78, 5) is 30.5. The second-order valence-electron chi connectivity index (χ2n) is 7.37. The maximum Gasteiger partial charge on any atom is 0.266 e. The Labute approximate surface area is 203 Å². The molecule has 0 spiro atoms. The van der Waals surface area contributed by atoms with Crippen molar-refractivity contribution in [3.05, 3.63) is 98.7 Å². The normalized spacial score (nSPS) is 11.5. The molecule has 1 aromatic heterocycles. The number of carbonyl (C=O) groups is 1. The molecule has 0 saturated carbocycles. The van der Waals surface area contributed by atoms with Gasteiger partial charge in [-0.2, -0.15) is 5.10 Å². The minimum absolute atomic E-state index is 0.0633. The molecule has 0 atom stereocenters. The van der Waals surface area contributed by atoms with Crippen LogP contribution in [0.5, 0.6) is 0 Å². The third-order valence-electron chi connectivity index (χ3n) is 5.04. The van der Waals surface area contributed by atoms with Crippen LogP contribution in [0.15, 0.2) is 92.3 Å². The van der Waals surface area contributed by atoms with Gasteiger partial charge in [-0.25, -0.2) is 10.4 Å². The van der Waals surface area contributed by atoms with E-state index in [-0.39, 0.29) is 17.2 Å². The van der Waals surface area contributed by atoms with Crippen LogP contribution in [-0.4, -0.2) is 26.9 Å². The summed E-state index contributed by atoms with van der Waals surface area (Å²) < 4.78 is 2.55. The van der Waals surface area contributed by atoms with Gasteiger partial charge in [-0.05, 0) is 55.3 Å². The van der Waals surface area contributed by atoms with Gasteiger partial charge in [0.2, 0.25) is 0 Å². The number of thioether (sulfide) groups is 1. The molecule has 0 radical (unpaired) electrons. The summed E-state index contributed by atoms with van der Waals surface area (Å²) >= 11 is 4.61. The van der Waals surface area contributed by atoms with Crippen LogP contribution in [0.3, 0.4) is 0 Å². The molecule has 1 N–H and O–H groups in total. The van der Waals surface area contributed by atoms with E-state index in [1.807, 2.05) is 74.5 Å². The quantitative estimate of drug-likeness (QED) is 0.166. The van der Waals surface area contributed by atoms with Gasteiger partial charge < -0.3 is 0 Å². The lowest BCUT2D eigenvalue weighted by atomic mass is 10.1. The fourth-order valence-corrected chi connectivity index (χ4v) is 4.36. The number of aryl methyl sites for hydroxylation is 1. The van der Waals surface area contributed by atoms with Gasteiger partial charge in [0.25, 0.3) is 11.5 Å². The average Bonchev–Trinajstić information content (AvgIpc) is 2.82. The number of benzene rings is 3. The second kappa shape index (κ2) is 10.1. The van der Waals surface area contributed by atoms with Crippen LogP contribution < -0.4 is 11.0 Å². The maximum absolute atomic E-state index is 13.3. The summed E-state index contributed by atoms with van der Waals surface area (Å²) in [7, 11) is 0. The summed E-state index contributed by atoms with van der Waals surface area (Å²) in [6.07, 6.45) is 0. The highest BCUT2D eigenvalue weighted by Gasteiger charge is 2.16. The Kier molecular flexibility index (Phi) is 7.05. The van der Waals surface area contributed by atoms with Crippen molar-refractivity contribution in [1.82, 2.24) is 15.0 Å². The Balaban J connectivity index is 1.59. The predicted octanol–water partition coefficient (Wildman–Crippen LogP) is 5.09. The molecule has 4 aromatic rings. The van der Waals surface area contributed by atoms with E-state index in [9.17, 15) is 9.59 Å². The number of hydrogen-bond donors (Lipinski definition) is 1. The molecule has 1 amide bonds. The van der Waals surface area contributed by atoms with Gasteiger partial charge in [0.1, 0.15) is 0 Å². The molecule has 3 aromatic carbocycles. The van der Waals surface area contributed by atoms with E-state index < -0.39 is 0 Å². The molecular weight excluding hydrogens is 500 g/mol. The first-order valence-electron chi connectivity index (χ1n) is 10.2. The monoisotopic (exact) mass is 520 g/mol. The molecule has 1 heterocycles. The van der Waals surface area contributed by atoms with Crippen molar-refractivity contribution in [2.45, 2.75) is 19.0 Å². The Bertz CT molecular complexity index is 1410. The van der Waals surface area contributed by atoms with E-state index in [1.54, 1.807) is 16.7 Å². The van der Waals surface area contributed by atoms with Gasteiger partial charge in [-0.1, -0.05) is 70.2 Å². The molecule has 0 bridgehead atoms. The zero-order valence-corrected chi connectivity index (χ0v) is 20.5. The number of hydrogen-bond acceptors (Lipinski definition) is 5. The second-order valence-corrected chi connectivity index (χ2v) is 9.22. The van der Waals surface area contributed by atoms with Crippen LogP contribution in [0.25, 0.3) is 16.6 Å². The Hall–Kier alpha value is -3.23. The molecule has 0 aliphatic rings. The zero-order chi connectivity index (χ0) is 23.4. The third kappa shape index (κ3) is 5.23. The molecule has 6 nitrogen and oxygen atoms in total. The van der Waals surface area contributed by atoms with E-state index in [1.165, 1.54) is 11.8 Å². The first-order chi connectivity index (χ1) is 15.9. The molecule has 4 rings (SSSR count). The highest BCUT2D eigenvalue weighted by Crippen LogP contribution is 2.23. The molecule has 33 heavy (non-hydrogen) atoms. The van der Waals surface area contributed by atoms with Crippen LogP contribution in [0.2, 0.25) is 0 Å². The van der Waals surface area contributed by atoms with E-state index in [4.69, 9.17) is 0 Å². The van der Waals surface area contributed by atoms with Gasteiger partial charge in [0.15, 0.2) is 5.16 Å². The molecule has 0 aliphatic heterocycles. The largest absolute Gasteiger partial charge is 0.272 e. The zero-order valence-electron chi connectivity index (χ0n) is 18.1. The number of nitrogens with zero attached hydrogens (tertiary/aromatic N) is 3. The lowest BCUT2D eigenvalue weighted by Crippen LogP contribution is -2.25. The minimum Gasteiger partial charge on any atom is -0.272 e. The topological polar surface area (TPSA) is 76.3 Å². The van der Waals surface area contributed by atoms with E-state index in [2.05, 4.69) is 31.4 Å². The number of aromatic nitrogens is 2. The fourth-order valence-electron chi connectivity index (χ4n) is 3.30. The lowest BCUT2D eigenvalue weighted by molar-refractivity contribution is -0.118. The lowest BCUT2D eigenvalue weighted by Gasteiger charge is -2.14. The summed E-state index contributed by atoms with van der Waals surface area (Å²) in [5.41, 5.74) is 6.32. The van der Waals surface area contributed by atoms with Crippen molar-refractivity contribution in [3.63, 3.8) is 0 Å². The standard InChI is InChI=1S/C25H21BrN4O2S/c1-16-7-3-6-10-22(16)30-24(32)20-8-4-5-9-21(20)27-25(30)33-15-23(31)29-28-17(2)18-11-13-19(26)14-12-18/h3-14H,15H2,1-2H3,(H,29,31)/b28-17-. The molecular formula is C25H21BrN4O2S. The number of fused-ring (bicyclic) bond motifs is 1. The van der Waals surface area contributed by atoms with E-state index in [0.29, 0.717) is 21.8 Å². The maximum atomic E-state index is 13.3. The van der Waals surface area contributed by atoms with Crippen LogP contribution in [0, 0.1) is 6.92 Å². The SMILES string of the molecule is C/C(=N/NC(=O)CSc1nc2ccccc2c(=O)n1-c1ccccc1C)c1ccc(Br)cc1. The first kappa shape index (κ1) is 22.9. The molecule has 0 aliphatic carbocycles. The number of hydrazone groups is 1. The molecule has 8 heteroatoms. The summed E-state index contributed by atoms with van der Waals surface area (Å²) in [6.45, 7) is 3.77. The number of rotatable bonds is 6. The van der Waals surface area contributed by atoms with E-state index in [0.717, 1.165) is 21.3 Å². The number of para-hydroxylation sites is 2. The Morgan fingerprint density at radius 3 is 2.52 bits per heavy atom. The van der Waals surface area contributed by atoms with Crippen molar-refractivity contribution in [2.75, 3.05) is 5.75 Å². The molecule has 0 unspecified atom stereocenters. The number of carbonyl (C=O) groups excluding carboxylic acids is 1. The summed E-state index contributed by atoms with van der Waals surface area (Å²) in [5, 5.41) is 5.19. The van der Waals surface area contributed by atoms with Gasteiger partial charge in [-0.3, -0.25) is 14.2 Å². The van der Waals surface area contributed by atoms with Gasteiger partial charge >= 0.3 is 0 Å². The first-order valence-corrected chi connectivity index (χ1v) is 12.0. The van der Waals surface area contributed by atoms with Crippen molar-refractivity contribution in [3.8, 4) is 5.69 Å². The Morgan fingerprint density at radius 2 is 1.76 bits per heavy atom. The summed E-state index contributed by atoms with van der Waals surface area (Å²) in [6, 6.07) is 22.5. The molecule has 0 saturated heterocycles. The van der Waals surface area contributed by atoms with E-state index >= 15 is 0 Å².